The zero-order valence-corrected chi connectivity index (χ0v) is 10.3. The van der Waals surface area contributed by atoms with E-state index in [9.17, 15) is 14.0 Å². The molecule has 5 nitrogen and oxygen atoms in total. The molecule has 7 heteroatoms. The Balaban J connectivity index is 2.67. The second kappa shape index (κ2) is 5.74. The summed E-state index contributed by atoms with van der Waals surface area (Å²) in [7, 11) is 0. The van der Waals surface area contributed by atoms with Gasteiger partial charge in [-0.25, -0.2) is 4.39 Å². The molecule has 0 saturated carbocycles. The molecule has 0 aliphatic heterocycles. The first-order valence-corrected chi connectivity index (χ1v) is 5.49. The van der Waals surface area contributed by atoms with Gasteiger partial charge in [0.1, 0.15) is 5.82 Å². The molecule has 0 aliphatic carbocycles. The smallest absolute Gasteiger partial charge is 0.241 e. The minimum Gasteiger partial charge on any atom is -0.370 e. The van der Waals surface area contributed by atoms with Gasteiger partial charge in [-0.15, -0.1) is 0 Å². The zero-order chi connectivity index (χ0) is 13.0. The van der Waals surface area contributed by atoms with Crippen LogP contribution >= 0.6 is 15.9 Å². The highest BCUT2D eigenvalue weighted by atomic mass is 79.9. The van der Waals surface area contributed by atoms with E-state index >= 15 is 0 Å². The predicted octanol–water partition coefficient (Wildman–Crippen LogP) is 0.729. The Morgan fingerprint density at radius 1 is 1.47 bits per heavy atom. The summed E-state index contributed by atoms with van der Waals surface area (Å²) in [6.45, 7) is 0. The third-order valence-electron chi connectivity index (χ3n) is 1.95. The van der Waals surface area contributed by atoms with E-state index in [1.54, 1.807) is 0 Å². The van der Waals surface area contributed by atoms with Crippen LogP contribution < -0.4 is 16.8 Å². The van der Waals surface area contributed by atoms with Gasteiger partial charge in [0, 0.05) is 5.69 Å². The SMILES string of the molecule is NC(=O)CC(N)C(=O)Nc1ccc(Br)c(F)c1. The zero-order valence-electron chi connectivity index (χ0n) is 8.74. The third-order valence-corrected chi connectivity index (χ3v) is 2.59. The molecule has 0 aromatic heterocycles. The number of nitrogens with one attached hydrogen (secondary N) is 1. The number of halogens is 2. The van der Waals surface area contributed by atoms with E-state index in [0.717, 1.165) is 6.07 Å². The molecule has 0 bridgehead atoms. The summed E-state index contributed by atoms with van der Waals surface area (Å²) in [6, 6.07) is 3.05. The van der Waals surface area contributed by atoms with E-state index in [2.05, 4.69) is 21.2 Å². The van der Waals surface area contributed by atoms with Gasteiger partial charge in [0.2, 0.25) is 11.8 Å². The molecule has 0 saturated heterocycles. The summed E-state index contributed by atoms with van der Waals surface area (Å²) < 4.78 is 13.4. The van der Waals surface area contributed by atoms with E-state index in [1.807, 2.05) is 0 Å². The lowest BCUT2D eigenvalue weighted by Gasteiger charge is -2.10. The summed E-state index contributed by atoms with van der Waals surface area (Å²) >= 11 is 2.98. The lowest BCUT2D eigenvalue weighted by atomic mass is 10.2. The van der Waals surface area contributed by atoms with Crippen molar-refractivity contribution in [2.45, 2.75) is 12.5 Å². The average Bonchev–Trinajstić information content (AvgIpc) is 2.22. The minimum atomic E-state index is -1.04. The number of anilines is 1. The van der Waals surface area contributed by atoms with Gasteiger partial charge in [-0.1, -0.05) is 0 Å². The number of hydrogen-bond acceptors (Lipinski definition) is 3. The lowest BCUT2D eigenvalue weighted by Crippen LogP contribution is -2.39. The number of primary amides is 1. The van der Waals surface area contributed by atoms with Crippen molar-refractivity contribution in [3.8, 4) is 0 Å². The summed E-state index contributed by atoms with van der Waals surface area (Å²) in [6.07, 6.45) is -0.259. The van der Waals surface area contributed by atoms with Gasteiger partial charge in [0.25, 0.3) is 0 Å². The van der Waals surface area contributed by atoms with Crippen molar-refractivity contribution >= 4 is 33.4 Å². The van der Waals surface area contributed by atoms with Crippen molar-refractivity contribution < 1.29 is 14.0 Å². The quantitative estimate of drug-likeness (QED) is 0.764. The molecule has 1 aromatic carbocycles. The standard InChI is InChI=1S/C10H11BrFN3O2/c11-6-2-1-5(3-7(6)12)15-10(17)8(13)4-9(14)16/h1-3,8H,4,13H2,(H2,14,16)(H,15,17). The lowest BCUT2D eigenvalue weighted by molar-refractivity contribution is -0.123. The Bertz CT molecular complexity index is 453. The summed E-state index contributed by atoms with van der Waals surface area (Å²) in [5.74, 6) is -1.77. The molecule has 1 rings (SSSR count). The number of hydrogen-bond donors (Lipinski definition) is 3. The molecule has 0 spiro atoms. The fourth-order valence-electron chi connectivity index (χ4n) is 1.12. The van der Waals surface area contributed by atoms with Crippen molar-refractivity contribution in [1.82, 2.24) is 0 Å². The molecule has 0 aliphatic rings. The van der Waals surface area contributed by atoms with Crippen LogP contribution in [0.5, 0.6) is 0 Å². The first-order valence-electron chi connectivity index (χ1n) is 4.70. The molecule has 0 fully saturated rings. The maximum absolute atomic E-state index is 13.1. The Labute approximate surface area is 105 Å². The van der Waals surface area contributed by atoms with Crippen LogP contribution in [0.1, 0.15) is 6.42 Å². The predicted molar refractivity (Wildman–Crippen MR) is 64.5 cm³/mol. The van der Waals surface area contributed by atoms with Crippen LogP contribution in [-0.2, 0) is 9.59 Å². The Kier molecular flexibility index (Phi) is 4.59. The molecule has 1 atom stereocenters. The Morgan fingerprint density at radius 2 is 2.12 bits per heavy atom. The fourth-order valence-corrected chi connectivity index (χ4v) is 1.36. The number of carbonyl (C=O) groups excluding carboxylic acids is 2. The highest BCUT2D eigenvalue weighted by Crippen LogP contribution is 2.19. The Hall–Kier alpha value is -1.47. The fraction of sp³-hybridized carbons (Fsp3) is 0.200. The first kappa shape index (κ1) is 13.6. The van der Waals surface area contributed by atoms with Crippen molar-refractivity contribution in [3.05, 3.63) is 28.5 Å². The third kappa shape index (κ3) is 4.12. The van der Waals surface area contributed by atoms with Gasteiger partial charge in [-0.3, -0.25) is 9.59 Å². The highest BCUT2D eigenvalue weighted by Gasteiger charge is 2.16. The van der Waals surface area contributed by atoms with E-state index in [4.69, 9.17) is 11.5 Å². The van der Waals surface area contributed by atoms with Crippen LogP contribution in [0.3, 0.4) is 0 Å². The number of amides is 2. The van der Waals surface area contributed by atoms with E-state index in [-0.39, 0.29) is 16.6 Å². The monoisotopic (exact) mass is 303 g/mol. The summed E-state index contributed by atoms with van der Waals surface area (Å²) in [5, 5.41) is 2.38. The van der Waals surface area contributed by atoms with Crippen molar-refractivity contribution in [2.75, 3.05) is 5.32 Å². The van der Waals surface area contributed by atoms with E-state index in [0.29, 0.717) is 0 Å². The van der Waals surface area contributed by atoms with Crippen LogP contribution in [0, 0.1) is 5.82 Å². The van der Waals surface area contributed by atoms with Gasteiger partial charge < -0.3 is 16.8 Å². The van der Waals surface area contributed by atoms with Crippen LogP contribution in [0.25, 0.3) is 0 Å². The van der Waals surface area contributed by atoms with E-state index < -0.39 is 23.7 Å². The van der Waals surface area contributed by atoms with Crippen LogP contribution in [0.2, 0.25) is 0 Å². The van der Waals surface area contributed by atoms with Crippen LogP contribution in [0.15, 0.2) is 22.7 Å². The van der Waals surface area contributed by atoms with Gasteiger partial charge in [-0.2, -0.15) is 0 Å². The first-order chi connectivity index (χ1) is 7.90. The average molecular weight is 304 g/mol. The molecule has 1 aromatic rings. The molecular formula is C10H11BrFN3O2. The second-order valence-corrected chi connectivity index (χ2v) is 4.25. The molecule has 2 amide bonds. The van der Waals surface area contributed by atoms with E-state index in [1.165, 1.54) is 12.1 Å². The van der Waals surface area contributed by atoms with Gasteiger partial charge >= 0.3 is 0 Å². The summed E-state index contributed by atoms with van der Waals surface area (Å²) in [5.41, 5.74) is 10.6. The highest BCUT2D eigenvalue weighted by molar-refractivity contribution is 9.10. The van der Waals surface area contributed by atoms with Crippen molar-refractivity contribution in [3.63, 3.8) is 0 Å². The van der Waals surface area contributed by atoms with Crippen LogP contribution in [0.4, 0.5) is 10.1 Å². The van der Waals surface area contributed by atoms with Crippen molar-refractivity contribution in [1.29, 1.82) is 0 Å². The molecule has 92 valence electrons. The molecular weight excluding hydrogens is 293 g/mol. The number of rotatable bonds is 4. The van der Waals surface area contributed by atoms with Gasteiger partial charge in [0.05, 0.1) is 16.9 Å². The summed E-state index contributed by atoms with van der Waals surface area (Å²) in [4.78, 5) is 22.0. The Morgan fingerprint density at radius 3 is 2.65 bits per heavy atom. The topological polar surface area (TPSA) is 98.2 Å². The maximum atomic E-state index is 13.1. The van der Waals surface area contributed by atoms with Crippen LogP contribution in [-0.4, -0.2) is 17.9 Å². The molecule has 0 radical (unpaired) electrons. The molecule has 5 N–H and O–H groups in total. The number of carbonyl (C=O) groups is 2. The van der Waals surface area contributed by atoms with Gasteiger partial charge in [-0.05, 0) is 34.1 Å². The van der Waals surface area contributed by atoms with Gasteiger partial charge in [0.15, 0.2) is 0 Å². The number of nitrogens with two attached hydrogens (primary N) is 2. The molecule has 0 heterocycles. The largest absolute Gasteiger partial charge is 0.370 e. The normalized spacial score (nSPS) is 11.9. The van der Waals surface area contributed by atoms with Crippen molar-refractivity contribution in [2.24, 2.45) is 11.5 Å². The number of benzene rings is 1. The second-order valence-electron chi connectivity index (χ2n) is 3.40. The maximum Gasteiger partial charge on any atom is 0.241 e. The molecule has 17 heavy (non-hydrogen) atoms. The minimum absolute atomic E-state index is 0.259. The molecule has 1 unspecified atom stereocenters.